The van der Waals surface area contributed by atoms with E-state index in [4.69, 9.17) is 5.73 Å². The lowest BCUT2D eigenvalue weighted by Crippen LogP contribution is -2.15. The molecule has 0 spiro atoms. The number of benzene rings is 1. The molecular formula is C16H17N5O. The number of rotatable bonds is 3. The molecule has 0 unspecified atom stereocenters. The number of primary amides is 1. The first-order valence-electron chi connectivity index (χ1n) is 7.55. The van der Waals surface area contributed by atoms with Gasteiger partial charge in [-0.2, -0.15) is 0 Å². The van der Waals surface area contributed by atoms with Crippen molar-refractivity contribution in [3.8, 4) is 0 Å². The Labute approximate surface area is 127 Å². The first kappa shape index (κ1) is 13.1. The number of fused-ring (bicyclic) bond motifs is 3. The molecule has 0 atom stereocenters. The molecule has 1 saturated carbocycles. The minimum Gasteiger partial charge on any atom is -0.367 e. The maximum Gasteiger partial charge on any atom is 0.248 e. The molecular weight excluding hydrogens is 278 g/mol. The molecule has 4 rings (SSSR count). The van der Waals surface area contributed by atoms with Gasteiger partial charge in [0.15, 0.2) is 0 Å². The number of amides is 1. The van der Waals surface area contributed by atoms with E-state index < -0.39 is 5.91 Å². The van der Waals surface area contributed by atoms with Crippen LogP contribution in [0.25, 0.3) is 21.9 Å². The van der Waals surface area contributed by atoms with E-state index >= 15 is 0 Å². The van der Waals surface area contributed by atoms with Gasteiger partial charge in [-0.05, 0) is 31.0 Å². The second kappa shape index (κ2) is 4.98. The monoisotopic (exact) mass is 295 g/mol. The normalized spacial score (nSPS) is 15.6. The lowest BCUT2D eigenvalue weighted by molar-refractivity contribution is 0.100. The lowest BCUT2D eigenvalue weighted by Gasteiger charge is -2.13. The van der Waals surface area contributed by atoms with Crippen molar-refractivity contribution in [1.29, 1.82) is 0 Å². The average Bonchev–Trinajstić information content (AvgIpc) is 3.13. The summed E-state index contributed by atoms with van der Waals surface area (Å²) >= 11 is 0. The number of nitrogens with zero attached hydrogens (tertiary/aromatic N) is 2. The van der Waals surface area contributed by atoms with E-state index in [-0.39, 0.29) is 0 Å². The highest BCUT2D eigenvalue weighted by molar-refractivity contribution is 6.13. The molecule has 112 valence electrons. The molecule has 1 aliphatic carbocycles. The minimum absolute atomic E-state index is 0.432. The van der Waals surface area contributed by atoms with E-state index in [1.165, 1.54) is 25.7 Å². The summed E-state index contributed by atoms with van der Waals surface area (Å²) in [5.74, 6) is 0.392. The van der Waals surface area contributed by atoms with Crippen LogP contribution < -0.4 is 11.1 Å². The molecule has 1 aromatic carbocycles. The second-order valence-corrected chi connectivity index (χ2v) is 5.82. The van der Waals surface area contributed by atoms with Gasteiger partial charge in [0.05, 0.1) is 5.39 Å². The first-order valence-corrected chi connectivity index (χ1v) is 7.55. The summed E-state index contributed by atoms with van der Waals surface area (Å²) in [7, 11) is 0. The van der Waals surface area contributed by atoms with Gasteiger partial charge in [-0.15, -0.1) is 0 Å². The SMILES string of the molecule is NC(=O)c1ccc2[nH]c3ncnc(NC4CCCC4)c3c2c1. The van der Waals surface area contributed by atoms with E-state index in [1.807, 2.05) is 6.07 Å². The topological polar surface area (TPSA) is 96.7 Å². The van der Waals surface area contributed by atoms with Gasteiger partial charge in [-0.1, -0.05) is 12.8 Å². The van der Waals surface area contributed by atoms with Gasteiger partial charge in [0.25, 0.3) is 0 Å². The molecule has 2 heterocycles. The molecule has 6 nitrogen and oxygen atoms in total. The van der Waals surface area contributed by atoms with E-state index in [1.54, 1.807) is 18.5 Å². The molecule has 1 amide bonds. The summed E-state index contributed by atoms with van der Waals surface area (Å²) < 4.78 is 0. The van der Waals surface area contributed by atoms with Crippen LogP contribution in [-0.4, -0.2) is 26.9 Å². The molecule has 4 N–H and O–H groups in total. The predicted octanol–water partition coefficient (Wildman–Crippen LogP) is 2.56. The number of aromatic amines is 1. The molecule has 1 fully saturated rings. The quantitative estimate of drug-likeness (QED) is 0.691. The van der Waals surface area contributed by atoms with E-state index in [0.717, 1.165) is 27.8 Å². The van der Waals surface area contributed by atoms with Crippen molar-refractivity contribution in [3.63, 3.8) is 0 Å². The summed E-state index contributed by atoms with van der Waals surface area (Å²) in [6.07, 6.45) is 6.40. The van der Waals surface area contributed by atoms with Crippen molar-refractivity contribution >= 4 is 33.7 Å². The maximum absolute atomic E-state index is 11.4. The Hall–Kier alpha value is -2.63. The number of aromatic nitrogens is 3. The van der Waals surface area contributed by atoms with Crippen LogP contribution in [0.3, 0.4) is 0 Å². The van der Waals surface area contributed by atoms with Gasteiger partial charge in [0.1, 0.15) is 17.8 Å². The Morgan fingerprint density at radius 2 is 2.09 bits per heavy atom. The van der Waals surface area contributed by atoms with Crippen molar-refractivity contribution in [2.75, 3.05) is 5.32 Å². The predicted molar refractivity (Wildman–Crippen MR) is 85.8 cm³/mol. The molecule has 0 saturated heterocycles. The third-order valence-corrected chi connectivity index (χ3v) is 4.37. The summed E-state index contributed by atoms with van der Waals surface area (Å²) in [6.45, 7) is 0. The number of H-pyrrole nitrogens is 1. The largest absolute Gasteiger partial charge is 0.367 e. The maximum atomic E-state index is 11.4. The highest BCUT2D eigenvalue weighted by Crippen LogP contribution is 2.31. The van der Waals surface area contributed by atoms with Crippen molar-refractivity contribution < 1.29 is 4.79 Å². The summed E-state index contributed by atoms with van der Waals surface area (Å²) in [5.41, 5.74) is 7.58. The molecule has 1 aliphatic rings. The molecule has 0 aliphatic heterocycles. The molecule has 6 heteroatoms. The van der Waals surface area contributed by atoms with Crippen molar-refractivity contribution in [3.05, 3.63) is 30.1 Å². The van der Waals surface area contributed by atoms with Crippen LogP contribution in [0, 0.1) is 0 Å². The fourth-order valence-corrected chi connectivity index (χ4v) is 3.25. The highest BCUT2D eigenvalue weighted by Gasteiger charge is 2.18. The fourth-order valence-electron chi connectivity index (χ4n) is 3.25. The Kier molecular flexibility index (Phi) is 2.96. The Balaban J connectivity index is 1.90. The number of nitrogens with one attached hydrogen (secondary N) is 2. The van der Waals surface area contributed by atoms with Crippen LogP contribution in [0.5, 0.6) is 0 Å². The summed E-state index contributed by atoms with van der Waals surface area (Å²) in [4.78, 5) is 23.4. The zero-order chi connectivity index (χ0) is 15.1. The molecule has 2 aromatic heterocycles. The Morgan fingerprint density at radius 3 is 2.86 bits per heavy atom. The highest BCUT2D eigenvalue weighted by atomic mass is 16.1. The zero-order valence-corrected chi connectivity index (χ0v) is 12.1. The number of anilines is 1. The van der Waals surface area contributed by atoms with Gasteiger partial charge >= 0.3 is 0 Å². The number of carbonyl (C=O) groups is 1. The minimum atomic E-state index is -0.432. The van der Waals surface area contributed by atoms with Crippen molar-refractivity contribution in [2.24, 2.45) is 5.73 Å². The Morgan fingerprint density at radius 1 is 1.27 bits per heavy atom. The van der Waals surface area contributed by atoms with Crippen LogP contribution in [0.1, 0.15) is 36.0 Å². The third-order valence-electron chi connectivity index (χ3n) is 4.37. The van der Waals surface area contributed by atoms with E-state index in [9.17, 15) is 4.79 Å². The molecule has 22 heavy (non-hydrogen) atoms. The second-order valence-electron chi connectivity index (χ2n) is 5.82. The van der Waals surface area contributed by atoms with Crippen LogP contribution in [0.2, 0.25) is 0 Å². The molecule has 3 aromatic rings. The van der Waals surface area contributed by atoms with Gasteiger partial charge in [-0.3, -0.25) is 4.79 Å². The van der Waals surface area contributed by atoms with Crippen LogP contribution >= 0.6 is 0 Å². The van der Waals surface area contributed by atoms with E-state index in [2.05, 4.69) is 20.3 Å². The number of hydrogen-bond acceptors (Lipinski definition) is 4. The van der Waals surface area contributed by atoms with Gasteiger partial charge in [-0.25, -0.2) is 9.97 Å². The van der Waals surface area contributed by atoms with Gasteiger partial charge in [0.2, 0.25) is 5.91 Å². The smallest absolute Gasteiger partial charge is 0.248 e. The van der Waals surface area contributed by atoms with E-state index in [0.29, 0.717) is 11.6 Å². The van der Waals surface area contributed by atoms with Crippen LogP contribution in [0.15, 0.2) is 24.5 Å². The standard InChI is InChI=1S/C16H17N5O/c17-14(22)9-5-6-12-11(7-9)13-15(18-8-19-16(13)21-12)20-10-3-1-2-4-10/h5-8,10H,1-4H2,(H2,17,22)(H2,18,19,20,21). The lowest BCUT2D eigenvalue weighted by atomic mass is 10.1. The van der Waals surface area contributed by atoms with Crippen LogP contribution in [-0.2, 0) is 0 Å². The summed E-state index contributed by atoms with van der Waals surface area (Å²) in [6, 6.07) is 5.84. The number of hydrogen-bond donors (Lipinski definition) is 3. The first-order chi connectivity index (χ1) is 10.7. The summed E-state index contributed by atoms with van der Waals surface area (Å²) in [5, 5.41) is 5.37. The third kappa shape index (κ3) is 2.07. The molecule has 0 bridgehead atoms. The fraction of sp³-hybridized carbons (Fsp3) is 0.312. The number of nitrogens with two attached hydrogens (primary N) is 1. The number of carbonyl (C=O) groups excluding carboxylic acids is 1. The van der Waals surface area contributed by atoms with Crippen LogP contribution in [0.4, 0.5) is 5.82 Å². The van der Waals surface area contributed by atoms with Gasteiger partial charge in [0, 0.05) is 22.5 Å². The molecule has 0 radical (unpaired) electrons. The van der Waals surface area contributed by atoms with Crippen molar-refractivity contribution in [2.45, 2.75) is 31.7 Å². The Bertz CT molecular complexity index is 863. The average molecular weight is 295 g/mol. The van der Waals surface area contributed by atoms with Crippen molar-refractivity contribution in [1.82, 2.24) is 15.0 Å². The zero-order valence-electron chi connectivity index (χ0n) is 12.1. The van der Waals surface area contributed by atoms with Gasteiger partial charge < -0.3 is 16.0 Å².